The van der Waals surface area contributed by atoms with Gasteiger partial charge >= 0.3 is 5.97 Å². The molecule has 0 bridgehead atoms. The second kappa shape index (κ2) is 9.08. The van der Waals surface area contributed by atoms with Crippen molar-refractivity contribution in [3.05, 3.63) is 83.4 Å². The number of hydrogen-bond acceptors (Lipinski definition) is 6. The number of fused-ring (bicyclic) bond motifs is 1. The van der Waals surface area contributed by atoms with Crippen molar-refractivity contribution in [2.24, 2.45) is 5.14 Å². The van der Waals surface area contributed by atoms with Crippen LogP contribution in [-0.4, -0.2) is 31.0 Å². The maximum Gasteiger partial charge on any atom is 0.337 e. The molecule has 1 aromatic heterocycles. The smallest absolute Gasteiger partial charge is 0.337 e. The highest BCUT2D eigenvalue weighted by Crippen LogP contribution is 2.32. The lowest BCUT2D eigenvalue weighted by Gasteiger charge is -2.18. The summed E-state index contributed by atoms with van der Waals surface area (Å²) in [7, 11) is -2.59. The van der Waals surface area contributed by atoms with Crippen LogP contribution in [0.3, 0.4) is 0 Å². The number of ether oxygens (including phenoxy) is 1. The monoisotopic (exact) mass is 500 g/mol. The standard InChI is InChI=1S/C24H22F2N4O4S/c1-24(25,26)19-6-4-3-5-16(19)14-30-21-13-15(22(31)34-2)7-12-20(21)29-23(30)28-17-8-10-18(11-9-17)35(27,32)33/h3-13H,14H2,1-2H3,(H,28,29)(H2,27,32,33). The molecule has 182 valence electrons. The van der Waals surface area contributed by atoms with Gasteiger partial charge in [0.1, 0.15) is 0 Å². The summed E-state index contributed by atoms with van der Waals surface area (Å²) in [5.41, 5.74) is 2.05. The molecule has 0 amide bonds. The largest absolute Gasteiger partial charge is 0.465 e. The van der Waals surface area contributed by atoms with Crippen molar-refractivity contribution < 1.29 is 26.7 Å². The molecule has 35 heavy (non-hydrogen) atoms. The fourth-order valence-electron chi connectivity index (χ4n) is 3.74. The van der Waals surface area contributed by atoms with Crippen molar-refractivity contribution in [1.82, 2.24) is 9.55 Å². The summed E-state index contributed by atoms with van der Waals surface area (Å²) >= 11 is 0. The second-order valence-corrected chi connectivity index (χ2v) is 9.52. The van der Waals surface area contributed by atoms with E-state index in [1.807, 2.05) is 0 Å². The number of carbonyl (C=O) groups is 1. The van der Waals surface area contributed by atoms with Gasteiger partial charge in [-0.15, -0.1) is 0 Å². The first-order valence-electron chi connectivity index (χ1n) is 10.4. The van der Waals surface area contributed by atoms with E-state index in [0.717, 1.165) is 6.92 Å². The normalized spacial score (nSPS) is 12.0. The first kappa shape index (κ1) is 24.3. The molecule has 0 radical (unpaired) electrons. The number of hydrogen-bond donors (Lipinski definition) is 2. The molecular weight excluding hydrogens is 478 g/mol. The number of rotatable bonds is 7. The molecule has 3 N–H and O–H groups in total. The number of nitrogens with two attached hydrogens (primary N) is 1. The number of alkyl halides is 2. The summed E-state index contributed by atoms with van der Waals surface area (Å²) in [5.74, 6) is -3.31. The number of primary sulfonamides is 1. The lowest BCUT2D eigenvalue weighted by Crippen LogP contribution is -2.14. The number of esters is 1. The van der Waals surface area contributed by atoms with E-state index in [9.17, 15) is 22.0 Å². The molecule has 3 aromatic carbocycles. The van der Waals surface area contributed by atoms with Crippen LogP contribution < -0.4 is 10.5 Å². The number of imidazole rings is 1. The van der Waals surface area contributed by atoms with Gasteiger partial charge in [0, 0.05) is 18.2 Å². The van der Waals surface area contributed by atoms with Gasteiger partial charge in [-0.2, -0.15) is 0 Å². The van der Waals surface area contributed by atoms with Crippen LogP contribution in [0, 0.1) is 0 Å². The fourth-order valence-corrected chi connectivity index (χ4v) is 4.25. The lowest BCUT2D eigenvalue weighted by atomic mass is 10.0. The zero-order chi connectivity index (χ0) is 25.4. The van der Waals surface area contributed by atoms with E-state index in [4.69, 9.17) is 9.88 Å². The summed E-state index contributed by atoms with van der Waals surface area (Å²) in [5, 5.41) is 8.25. The predicted molar refractivity (Wildman–Crippen MR) is 127 cm³/mol. The third-order valence-electron chi connectivity index (χ3n) is 5.43. The van der Waals surface area contributed by atoms with Crippen LogP contribution in [0.1, 0.15) is 28.4 Å². The number of aromatic nitrogens is 2. The Morgan fingerprint density at radius 1 is 1.11 bits per heavy atom. The molecule has 4 aromatic rings. The number of benzene rings is 3. The quantitative estimate of drug-likeness (QED) is 0.364. The van der Waals surface area contributed by atoms with Crippen LogP contribution >= 0.6 is 0 Å². The molecule has 4 rings (SSSR count). The Balaban J connectivity index is 1.83. The zero-order valence-electron chi connectivity index (χ0n) is 18.8. The number of methoxy groups -OCH3 is 1. The highest BCUT2D eigenvalue weighted by molar-refractivity contribution is 7.89. The topological polar surface area (TPSA) is 116 Å². The molecule has 8 nitrogen and oxygen atoms in total. The maximum absolute atomic E-state index is 14.3. The third kappa shape index (κ3) is 5.15. The highest BCUT2D eigenvalue weighted by atomic mass is 32.2. The number of sulfonamides is 1. The van der Waals surface area contributed by atoms with Gasteiger partial charge in [0.15, 0.2) is 0 Å². The maximum atomic E-state index is 14.3. The highest BCUT2D eigenvalue weighted by Gasteiger charge is 2.27. The van der Waals surface area contributed by atoms with Gasteiger partial charge in [-0.3, -0.25) is 0 Å². The van der Waals surface area contributed by atoms with Gasteiger partial charge in [-0.1, -0.05) is 24.3 Å². The van der Waals surface area contributed by atoms with E-state index in [1.54, 1.807) is 41.0 Å². The minimum absolute atomic E-state index is 0.0261. The van der Waals surface area contributed by atoms with Crippen molar-refractivity contribution in [3.63, 3.8) is 0 Å². The van der Waals surface area contributed by atoms with Gasteiger partial charge < -0.3 is 14.6 Å². The first-order chi connectivity index (χ1) is 16.5. The molecule has 0 saturated heterocycles. The van der Waals surface area contributed by atoms with Crippen molar-refractivity contribution in [2.45, 2.75) is 24.3 Å². The summed E-state index contributed by atoms with van der Waals surface area (Å²) in [4.78, 5) is 16.6. The SMILES string of the molecule is COC(=O)c1ccc2nc(Nc3ccc(S(N)(=O)=O)cc3)n(Cc3ccccc3C(C)(F)F)c2c1. The summed E-state index contributed by atoms with van der Waals surface area (Å²) in [6, 6.07) is 16.7. The fraction of sp³-hybridized carbons (Fsp3) is 0.167. The van der Waals surface area contributed by atoms with E-state index in [2.05, 4.69) is 10.3 Å². The van der Waals surface area contributed by atoms with E-state index in [-0.39, 0.29) is 22.6 Å². The Kier molecular flexibility index (Phi) is 6.30. The van der Waals surface area contributed by atoms with Gasteiger partial charge in [-0.25, -0.2) is 32.1 Å². The second-order valence-electron chi connectivity index (χ2n) is 7.96. The Hall–Kier alpha value is -3.83. The molecule has 11 heteroatoms. The van der Waals surface area contributed by atoms with Crippen LogP contribution in [0.4, 0.5) is 20.4 Å². The van der Waals surface area contributed by atoms with Crippen molar-refractivity contribution >= 4 is 38.7 Å². The molecule has 0 unspecified atom stereocenters. The number of anilines is 2. The van der Waals surface area contributed by atoms with Crippen molar-refractivity contribution in [2.75, 3.05) is 12.4 Å². The average molecular weight is 501 g/mol. The summed E-state index contributed by atoms with van der Waals surface area (Å²) in [6.45, 7) is 0.859. The van der Waals surface area contributed by atoms with Crippen molar-refractivity contribution in [1.29, 1.82) is 0 Å². The van der Waals surface area contributed by atoms with Gasteiger partial charge in [0.2, 0.25) is 16.0 Å². The van der Waals surface area contributed by atoms with Crippen LogP contribution in [-0.2, 0) is 27.2 Å². The van der Waals surface area contributed by atoms with Gasteiger partial charge in [-0.05, 0) is 48.0 Å². The molecule has 0 aliphatic heterocycles. The molecule has 0 atom stereocenters. The van der Waals surface area contributed by atoms with E-state index in [0.29, 0.717) is 28.2 Å². The van der Waals surface area contributed by atoms with Crippen LogP contribution in [0.25, 0.3) is 11.0 Å². The predicted octanol–water partition coefficient (Wildman–Crippen LogP) is 4.37. The molecule has 0 spiro atoms. The van der Waals surface area contributed by atoms with Gasteiger partial charge in [0.05, 0.1) is 35.1 Å². The minimum atomic E-state index is -3.86. The summed E-state index contributed by atoms with van der Waals surface area (Å²) in [6.07, 6.45) is 0. The van der Waals surface area contributed by atoms with Crippen LogP contribution in [0.2, 0.25) is 0 Å². The molecular formula is C24H22F2N4O4S. The van der Waals surface area contributed by atoms with E-state index >= 15 is 0 Å². The summed E-state index contributed by atoms with van der Waals surface area (Å²) < 4.78 is 58.1. The lowest BCUT2D eigenvalue weighted by molar-refractivity contribution is 0.0164. The number of carbonyl (C=O) groups excluding carboxylic acids is 1. The van der Waals surface area contributed by atoms with E-state index in [1.165, 1.54) is 37.4 Å². The third-order valence-corrected chi connectivity index (χ3v) is 6.36. The zero-order valence-corrected chi connectivity index (χ0v) is 19.6. The minimum Gasteiger partial charge on any atom is -0.465 e. The molecule has 0 saturated carbocycles. The van der Waals surface area contributed by atoms with Crippen molar-refractivity contribution in [3.8, 4) is 0 Å². The van der Waals surface area contributed by atoms with E-state index < -0.39 is 21.9 Å². The Morgan fingerprint density at radius 2 is 1.80 bits per heavy atom. The average Bonchev–Trinajstić information content (AvgIpc) is 3.14. The molecule has 0 fully saturated rings. The van der Waals surface area contributed by atoms with Gasteiger partial charge in [0.25, 0.3) is 5.92 Å². The Morgan fingerprint density at radius 3 is 2.43 bits per heavy atom. The molecule has 0 aliphatic carbocycles. The Labute approximate surface area is 200 Å². The molecule has 1 heterocycles. The van der Waals surface area contributed by atoms with Crippen LogP contribution in [0.5, 0.6) is 0 Å². The number of nitrogens with one attached hydrogen (secondary N) is 1. The van der Waals surface area contributed by atoms with Crippen LogP contribution in [0.15, 0.2) is 71.6 Å². The number of halogens is 2. The number of nitrogens with zero attached hydrogens (tertiary/aromatic N) is 2. The first-order valence-corrected chi connectivity index (χ1v) is 12.0. The molecule has 0 aliphatic rings. The Bertz CT molecular complexity index is 1510.